The molecule has 1 aromatic heterocycles. The molecule has 0 saturated heterocycles. The summed E-state index contributed by atoms with van der Waals surface area (Å²) in [5.74, 6) is 0.126. The van der Waals surface area contributed by atoms with E-state index in [4.69, 9.17) is 0 Å². The number of H-pyrrole nitrogens is 1. The highest BCUT2D eigenvalue weighted by molar-refractivity contribution is 5.95. The Labute approximate surface area is 143 Å². The maximum absolute atomic E-state index is 12.5. The third kappa shape index (κ3) is 3.86. The fraction of sp³-hybridized carbons (Fsp3) is 0.500. The number of hydrogen-bond donors (Lipinski definition) is 2. The molecule has 0 spiro atoms. The molecule has 1 heterocycles. The lowest BCUT2D eigenvalue weighted by atomic mass is 9.97. The van der Waals surface area contributed by atoms with Gasteiger partial charge >= 0.3 is 0 Å². The fourth-order valence-electron chi connectivity index (χ4n) is 3.36. The first-order valence-electron chi connectivity index (χ1n) is 8.98. The molecule has 130 valence electrons. The minimum Gasteiger partial charge on any atom is -0.326 e. The van der Waals surface area contributed by atoms with Gasteiger partial charge in [-0.1, -0.05) is 39.7 Å². The average molecular weight is 328 g/mol. The van der Waals surface area contributed by atoms with Gasteiger partial charge in [-0.05, 0) is 43.9 Å². The Kier molecular flexibility index (Phi) is 6.18. The first-order chi connectivity index (χ1) is 11.5. The van der Waals surface area contributed by atoms with Crippen LogP contribution in [0, 0.1) is 12.8 Å². The zero-order valence-electron chi connectivity index (χ0n) is 15.2. The van der Waals surface area contributed by atoms with Gasteiger partial charge < -0.3 is 10.3 Å². The van der Waals surface area contributed by atoms with Crippen LogP contribution in [0.5, 0.6) is 0 Å². The van der Waals surface area contributed by atoms with E-state index in [0.29, 0.717) is 6.42 Å². The number of carbonyl (C=O) groups is 1. The second-order valence-corrected chi connectivity index (χ2v) is 6.44. The van der Waals surface area contributed by atoms with Crippen molar-refractivity contribution in [1.29, 1.82) is 0 Å². The van der Waals surface area contributed by atoms with Crippen LogP contribution in [0.25, 0.3) is 10.9 Å². The first kappa shape index (κ1) is 18.2. The Morgan fingerprint density at radius 1 is 1.17 bits per heavy atom. The monoisotopic (exact) mass is 328 g/mol. The van der Waals surface area contributed by atoms with E-state index in [2.05, 4.69) is 24.1 Å². The summed E-state index contributed by atoms with van der Waals surface area (Å²) in [6.45, 7) is 8.17. The summed E-state index contributed by atoms with van der Waals surface area (Å²) < 4.78 is 0. The van der Waals surface area contributed by atoms with Gasteiger partial charge in [-0.2, -0.15) is 0 Å². The van der Waals surface area contributed by atoms with Crippen molar-refractivity contribution < 1.29 is 4.79 Å². The largest absolute Gasteiger partial charge is 0.326 e. The summed E-state index contributed by atoms with van der Waals surface area (Å²) >= 11 is 0. The highest BCUT2D eigenvalue weighted by Gasteiger charge is 2.17. The normalized spacial score (nSPS) is 11.2. The summed E-state index contributed by atoms with van der Waals surface area (Å²) in [5.41, 5.74) is 3.31. The van der Waals surface area contributed by atoms with Crippen LogP contribution in [0.3, 0.4) is 0 Å². The molecule has 0 fully saturated rings. The summed E-state index contributed by atoms with van der Waals surface area (Å²) in [5, 5.41) is 4.04. The lowest BCUT2D eigenvalue weighted by Crippen LogP contribution is -2.22. The van der Waals surface area contributed by atoms with Gasteiger partial charge in [-0.25, -0.2) is 0 Å². The summed E-state index contributed by atoms with van der Waals surface area (Å²) in [6.07, 6.45) is 4.53. The molecule has 2 aromatic rings. The Hall–Kier alpha value is -2.10. The van der Waals surface area contributed by atoms with E-state index in [9.17, 15) is 9.59 Å². The molecule has 24 heavy (non-hydrogen) atoms. The molecule has 0 bridgehead atoms. The molecule has 4 nitrogen and oxygen atoms in total. The van der Waals surface area contributed by atoms with E-state index in [1.807, 2.05) is 32.0 Å². The van der Waals surface area contributed by atoms with E-state index in [-0.39, 0.29) is 17.4 Å². The average Bonchev–Trinajstić information content (AvgIpc) is 2.54. The lowest BCUT2D eigenvalue weighted by molar-refractivity contribution is -0.120. The third-order valence-corrected chi connectivity index (χ3v) is 4.66. The molecule has 1 amide bonds. The third-order valence-electron chi connectivity index (χ3n) is 4.66. The van der Waals surface area contributed by atoms with Crippen molar-refractivity contribution in [2.75, 3.05) is 5.32 Å². The highest BCUT2D eigenvalue weighted by atomic mass is 16.2. The van der Waals surface area contributed by atoms with Crippen molar-refractivity contribution in [3.8, 4) is 0 Å². The number of aromatic amines is 1. The van der Waals surface area contributed by atoms with E-state index in [1.165, 1.54) is 0 Å². The molecule has 2 N–H and O–H groups in total. The number of aryl methyl sites for hydroxylation is 1. The van der Waals surface area contributed by atoms with E-state index >= 15 is 0 Å². The van der Waals surface area contributed by atoms with Gasteiger partial charge in [-0.15, -0.1) is 0 Å². The summed E-state index contributed by atoms with van der Waals surface area (Å²) in [4.78, 5) is 27.6. The Morgan fingerprint density at radius 2 is 1.83 bits per heavy atom. The number of amides is 1. The van der Waals surface area contributed by atoms with Gasteiger partial charge in [0.1, 0.15) is 0 Å². The predicted molar refractivity (Wildman–Crippen MR) is 101 cm³/mol. The molecular formula is C20H28N2O2. The zero-order chi connectivity index (χ0) is 17.7. The molecule has 0 aliphatic carbocycles. The first-order valence-corrected chi connectivity index (χ1v) is 8.98. The summed E-state index contributed by atoms with van der Waals surface area (Å²) in [6, 6.07) is 5.75. The Bertz CT molecular complexity index is 771. The second kappa shape index (κ2) is 8.13. The van der Waals surface area contributed by atoms with E-state index < -0.39 is 0 Å². The van der Waals surface area contributed by atoms with Gasteiger partial charge in [0, 0.05) is 22.6 Å². The lowest BCUT2D eigenvalue weighted by Gasteiger charge is -2.16. The van der Waals surface area contributed by atoms with Gasteiger partial charge in [0.25, 0.3) is 5.56 Å². The van der Waals surface area contributed by atoms with Crippen molar-refractivity contribution in [3.05, 3.63) is 39.7 Å². The van der Waals surface area contributed by atoms with Gasteiger partial charge in [0.2, 0.25) is 5.91 Å². The number of carbonyl (C=O) groups excluding carboxylic acids is 1. The molecule has 0 radical (unpaired) electrons. The number of aromatic nitrogens is 1. The standard InChI is InChI=1S/C20H28N2O2/c1-5-8-14(9-6-2)19(23)21-15-10-11-17-13(4)16(7-3)20(24)22-18(17)12-15/h10-12,14H,5-9H2,1-4H3,(H,21,23)(H,22,24). The number of benzene rings is 1. The van der Waals surface area contributed by atoms with Gasteiger partial charge in [0.05, 0.1) is 5.52 Å². The fourth-order valence-corrected chi connectivity index (χ4v) is 3.36. The van der Waals surface area contributed by atoms with Crippen LogP contribution in [0.4, 0.5) is 5.69 Å². The molecule has 0 aliphatic heterocycles. The van der Waals surface area contributed by atoms with Crippen molar-refractivity contribution in [2.24, 2.45) is 5.92 Å². The van der Waals surface area contributed by atoms with Crippen LogP contribution in [0.2, 0.25) is 0 Å². The van der Waals surface area contributed by atoms with E-state index in [1.54, 1.807) is 0 Å². The topological polar surface area (TPSA) is 62.0 Å². The maximum atomic E-state index is 12.5. The van der Waals surface area contributed by atoms with Crippen LogP contribution in [0.1, 0.15) is 57.6 Å². The molecular weight excluding hydrogens is 300 g/mol. The SMILES string of the molecule is CCCC(CCC)C(=O)Nc1ccc2c(C)c(CC)c(=O)[nH]c2c1. The van der Waals surface area contributed by atoms with Gasteiger partial charge in [-0.3, -0.25) is 9.59 Å². The number of anilines is 1. The van der Waals surface area contributed by atoms with Crippen LogP contribution >= 0.6 is 0 Å². The molecule has 0 saturated carbocycles. The molecule has 1 aromatic carbocycles. The minimum atomic E-state index is -0.0409. The number of nitrogens with one attached hydrogen (secondary N) is 2. The number of pyridine rings is 1. The minimum absolute atomic E-state index is 0.0409. The Morgan fingerprint density at radius 3 is 2.42 bits per heavy atom. The highest BCUT2D eigenvalue weighted by Crippen LogP contribution is 2.23. The van der Waals surface area contributed by atoms with Crippen molar-refractivity contribution >= 4 is 22.5 Å². The second-order valence-electron chi connectivity index (χ2n) is 6.44. The number of fused-ring (bicyclic) bond motifs is 1. The zero-order valence-corrected chi connectivity index (χ0v) is 15.2. The smallest absolute Gasteiger partial charge is 0.251 e. The number of hydrogen-bond acceptors (Lipinski definition) is 2. The van der Waals surface area contributed by atoms with Crippen LogP contribution in [-0.4, -0.2) is 10.9 Å². The van der Waals surface area contributed by atoms with Crippen molar-refractivity contribution in [3.63, 3.8) is 0 Å². The molecule has 0 unspecified atom stereocenters. The maximum Gasteiger partial charge on any atom is 0.251 e. The quantitative estimate of drug-likeness (QED) is 0.783. The van der Waals surface area contributed by atoms with Crippen LogP contribution in [-0.2, 0) is 11.2 Å². The van der Waals surface area contributed by atoms with Crippen LogP contribution < -0.4 is 10.9 Å². The molecule has 0 aliphatic rings. The van der Waals surface area contributed by atoms with E-state index in [0.717, 1.165) is 53.4 Å². The van der Waals surface area contributed by atoms with Crippen LogP contribution in [0.15, 0.2) is 23.0 Å². The molecule has 0 atom stereocenters. The van der Waals surface area contributed by atoms with Crippen molar-refractivity contribution in [1.82, 2.24) is 4.98 Å². The molecule has 4 heteroatoms. The number of rotatable bonds is 7. The predicted octanol–water partition coefficient (Wildman–Crippen LogP) is 4.55. The Balaban J connectivity index is 2.31. The van der Waals surface area contributed by atoms with Crippen molar-refractivity contribution in [2.45, 2.75) is 59.8 Å². The molecule has 2 rings (SSSR count). The van der Waals surface area contributed by atoms with Gasteiger partial charge in [0.15, 0.2) is 0 Å². The summed E-state index contributed by atoms with van der Waals surface area (Å²) in [7, 11) is 0.